The molecule has 1 atom stereocenters. The molecule has 1 aliphatic rings. The van der Waals surface area contributed by atoms with Gasteiger partial charge in [-0.25, -0.2) is 9.48 Å². The van der Waals surface area contributed by atoms with Gasteiger partial charge in [0.15, 0.2) is 0 Å². The van der Waals surface area contributed by atoms with Crippen LogP contribution in [-0.2, 0) is 4.79 Å². The summed E-state index contributed by atoms with van der Waals surface area (Å²) < 4.78 is 1.55. The molecule has 7 nitrogen and oxygen atoms in total. The SMILES string of the molecule is CCC1C(C(=O)O)=C(C)N(C)c2nnnn21. The molecule has 1 aromatic heterocycles. The van der Waals surface area contributed by atoms with Gasteiger partial charge < -0.3 is 10.0 Å². The molecule has 7 heteroatoms. The van der Waals surface area contributed by atoms with Crippen molar-refractivity contribution in [1.82, 2.24) is 20.2 Å². The summed E-state index contributed by atoms with van der Waals surface area (Å²) in [7, 11) is 1.76. The van der Waals surface area contributed by atoms with Crippen molar-refractivity contribution in [2.24, 2.45) is 0 Å². The van der Waals surface area contributed by atoms with E-state index < -0.39 is 5.97 Å². The minimum Gasteiger partial charge on any atom is -0.478 e. The zero-order chi connectivity index (χ0) is 11.9. The standard InChI is InChI=1S/C9H13N5O2/c1-4-6-7(8(15)16)5(2)13(3)9-10-11-12-14(6)9/h6H,4H2,1-3H3,(H,15,16). The number of nitrogens with zero attached hydrogens (tertiary/aromatic N) is 5. The van der Waals surface area contributed by atoms with Crippen molar-refractivity contribution in [3.05, 3.63) is 11.3 Å². The second kappa shape index (κ2) is 3.58. The molecule has 1 N–H and O–H groups in total. The Morgan fingerprint density at radius 3 is 2.81 bits per heavy atom. The molecule has 0 aliphatic carbocycles. The Balaban J connectivity index is 2.60. The lowest BCUT2D eigenvalue weighted by Crippen LogP contribution is -2.33. The van der Waals surface area contributed by atoms with Crippen LogP contribution in [0.25, 0.3) is 0 Å². The van der Waals surface area contributed by atoms with Crippen LogP contribution in [0.3, 0.4) is 0 Å². The van der Waals surface area contributed by atoms with Crippen molar-refractivity contribution < 1.29 is 9.90 Å². The van der Waals surface area contributed by atoms with Gasteiger partial charge >= 0.3 is 5.97 Å². The molecule has 0 bridgehead atoms. The number of anilines is 1. The molecule has 2 rings (SSSR count). The van der Waals surface area contributed by atoms with Gasteiger partial charge in [0.2, 0.25) is 5.95 Å². The zero-order valence-corrected chi connectivity index (χ0v) is 9.38. The number of tetrazole rings is 1. The quantitative estimate of drug-likeness (QED) is 0.782. The average molecular weight is 223 g/mol. The van der Waals surface area contributed by atoms with Crippen LogP contribution in [0.1, 0.15) is 26.3 Å². The summed E-state index contributed by atoms with van der Waals surface area (Å²) in [5.74, 6) is -0.341. The molecule has 16 heavy (non-hydrogen) atoms. The molecule has 1 unspecified atom stereocenters. The number of hydrogen-bond acceptors (Lipinski definition) is 5. The van der Waals surface area contributed by atoms with Gasteiger partial charge in [-0.3, -0.25) is 0 Å². The summed E-state index contributed by atoms with van der Waals surface area (Å²) >= 11 is 0. The van der Waals surface area contributed by atoms with Gasteiger partial charge in [-0.05, 0) is 23.8 Å². The monoisotopic (exact) mass is 223 g/mol. The summed E-state index contributed by atoms with van der Waals surface area (Å²) in [6.07, 6.45) is 0.644. The van der Waals surface area contributed by atoms with E-state index in [1.807, 2.05) is 6.92 Å². The highest BCUT2D eigenvalue weighted by Gasteiger charge is 2.33. The van der Waals surface area contributed by atoms with Gasteiger partial charge in [-0.2, -0.15) is 0 Å². The lowest BCUT2D eigenvalue weighted by molar-refractivity contribution is -0.133. The fraction of sp³-hybridized carbons (Fsp3) is 0.556. The van der Waals surface area contributed by atoms with Gasteiger partial charge in [0.1, 0.15) is 0 Å². The fourth-order valence-corrected chi connectivity index (χ4v) is 1.98. The molecule has 0 radical (unpaired) electrons. The van der Waals surface area contributed by atoms with Gasteiger partial charge in [-0.15, -0.1) is 0 Å². The number of allylic oxidation sites excluding steroid dienone is 1. The Bertz CT molecular complexity index is 464. The third kappa shape index (κ3) is 1.28. The van der Waals surface area contributed by atoms with Crippen molar-refractivity contribution >= 4 is 11.9 Å². The molecule has 1 aromatic rings. The fourth-order valence-electron chi connectivity index (χ4n) is 1.98. The van der Waals surface area contributed by atoms with Gasteiger partial charge in [-0.1, -0.05) is 12.0 Å². The molecule has 86 valence electrons. The van der Waals surface area contributed by atoms with Crippen LogP contribution in [0.2, 0.25) is 0 Å². The van der Waals surface area contributed by atoms with Gasteiger partial charge in [0, 0.05) is 12.7 Å². The van der Waals surface area contributed by atoms with E-state index in [4.69, 9.17) is 0 Å². The summed E-state index contributed by atoms with van der Waals surface area (Å²) in [5, 5.41) is 20.5. The van der Waals surface area contributed by atoms with Crippen molar-refractivity contribution in [3.63, 3.8) is 0 Å². The Labute approximate surface area is 92.4 Å². The summed E-state index contributed by atoms with van der Waals surface area (Å²) in [6, 6.07) is -0.293. The summed E-state index contributed by atoms with van der Waals surface area (Å²) in [5.41, 5.74) is 1.03. The molecule has 2 heterocycles. The van der Waals surface area contributed by atoms with Crippen molar-refractivity contribution in [2.45, 2.75) is 26.3 Å². The molecule has 0 saturated heterocycles. The van der Waals surface area contributed by atoms with Crippen LogP contribution < -0.4 is 4.90 Å². The van der Waals surface area contributed by atoms with Crippen molar-refractivity contribution in [1.29, 1.82) is 0 Å². The highest BCUT2D eigenvalue weighted by atomic mass is 16.4. The van der Waals surface area contributed by atoms with E-state index in [-0.39, 0.29) is 6.04 Å². The maximum absolute atomic E-state index is 11.2. The predicted octanol–water partition coefficient (Wildman–Crippen LogP) is 0.433. The summed E-state index contributed by atoms with van der Waals surface area (Å²) in [4.78, 5) is 12.9. The molecular formula is C9H13N5O2. The Kier molecular flexibility index (Phi) is 2.37. The predicted molar refractivity (Wildman–Crippen MR) is 55.9 cm³/mol. The van der Waals surface area contributed by atoms with Crippen LogP contribution in [0, 0.1) is 0 Å². The molecule has 0 aromatic carbocycles. The van der Waals surface area contributed by atoms with Crippen LogP contribution in [0.15, 0.2) is 11.3 Å². The average Bonchev–Trinajstić information content (AvgIpc) is 2.71. The number of rotatable bonds is 2. The third-order valence-corrected chi connectivity index (χ3v) is 2.91. The van der Waals surface area contributed by atoms with E-state index in [1.165, 1.54) is 0 Å². The number of carbonyl (C=O) groups is 1. The first-order valence-electron chi connectivity index (χ1n) is 5.03. The van der Waals surface area contributed by atoms with Crippen molar-refractivity contribution in [2.75, 3.05) is 11.9 Å². The van der Waals surface area contributed by atoms with Crippen LogP contribution >= 0.6 is 0 Å². The van der Waals surface area contributed by atoms with Crippen LogP contribution in [0.4, 0.5) is 5.95 Å². The Hall–Kier alpha value is -1.92. The van der Waals surface area contributed by atoms with E-state index in [0.717, 1.165) is 0 Å². The minimum absolute atomic E-state index is 0.293. The number of carboxylic acid groups (broad SMARTS) is 1. The van der Waals surface area contributed by atoms with Crippen LogP contribution in [0.5, 0.6) is 0 Å². The van der Waals surface area contributed by atoms with E-state index in [1.54, 1.807) is 23.6 Å². The first-order chi connectivity index (χ1) is 7.57. The van der Waals surface area contributed by atoms with Gasteiger partial charge in [0.05, 0.1) is 11.6 Å². The summed E-state index contributed by atoms with van der Waals surface area (Å²) in [6.45, 7) is 3.68. The first kappa shape index (κ1) is 10.6. The Morgan fingerprint density at radius 1 is 1.56 bits per heavy atom. The third-order valence-electron chi connectivity index (χ3n) is 2.91. The van der Waals surface area contributed by atoms with Crippen molar-refractivity contribution in [3.8, 4) is 0 Å². The lowest BCUT2D eigenvalue weighted by Gasteiger charge is -2.30. The first-order valence-corrected chi connectivity index (χ1v) is 5.03. The maximum atomic E-state index is 11.2. The van der Waals surface area contributed by atoms with E-state index in [0.29, 0.717) is 23.6 Å². The number of hydrogen-bond donors (Lipinski definition) is 1. The van der Waals surface area contributed by atoms with E-state index in [9.17, 15) is 9.90 Å². The molecule has 0 saturated carbocycles. The smallest absolute Gasteiger partial charge is 0.335 e. The van der Waals surface area contributed by atoms with Crippen LogP contribution in [-0.4, -0.2) is 38.3 Å². The maximum Gasteiger partial charge on any atom is 0.335 e. The normalized spacial score (nSPS) is 19.9. The molecule has 0 spiro atoms. The van der Waals surface area contributed by atoms with E-state index >= 15 is 0 Å². The number of carboxylic acids is 1. The largest absolute Gasteiger partial charge is 0.478 e. The topological polar surface area (TPSA) is 84.1 Å². The van der Waals surface area contributed by atoms with Gasteiger partial charge in [0.25, 0.3) is 0 Å². The molecule has 0 amide bonds. The van der Waals surface area contributed by atoms with E-state index in [2.05, 4.69) is 15.5 Å². The molecule has 0 fully saturated rings. The second-order valence-corrected chi connectivity index (χ2v) is 3.71. The zero-order valence-electron chi connectivity index (χ0n) is 9.38. The highest BCUT2D eigenvalue weighted by molar-refractivity contribution is 5.89. The highest BCUT2D eigenvalue weighted by Crippen LogP contribution is 2.33. The number of aromatic nitrogens is 4. The Morgan fingerprint density at radius 2 is 2.25 bits per heavy atom. The molecule has 1 aliphatic heterocycles. The molecular weight excluding hydrogens is 210 g/mol. The number of aliphatic carboxylic acids is 1. The second-order valence-electron chi connectivity index (χ2n) is 3.71. The number of fused-ring (bicyclic) bond motifs is 1. The minimum atomic E-state index is -0.919. The lowest BCUT2D eigenvalue weighted by atomic mass is 10.0.